The van der Waals surface area contributed by atoms with Crippen molar-refractivity contribution in [2.45, 2.75) is 19.2 Å². The molecule has 0 fully saturated rings. The Kier molecular flexibility index (Phi) is 4.90. The van der Waals surface area contributed by atoms with Gasteiger partial charge >= 0.3 is 0 Å². The lowest BCUT2D eigenvalue weighted by Gasteiger charge is -2.11. The minimum atomic E-state index is -1.10. The molecule has 2 aromatic carbocycles. The van der Waals surface area contributed by atoms with Gasteiger partial charge in [-0.3, -0.25) is 4.79 Å². The highest BCUT2D eigenvalue weighted by atomic mass is 19.1. The van der Waals surface area contributed by atoms with Gasteiger partial charge in [-0.1, -0.05) is 29.5 Å². The number of nitrogens with one attached hydrogen (secondary N) is 1. The van der Waals surface area contributed by atoms with Gasteiger partial charge in [0.1, 0.15) is 11.9 Å². The van der Waals surface area contributed by atoms with Crippen molar-refractivity contribution in [3.8, 4) is 11.5 Å². The number of fused-ring (bicyclic) bond motifs is 1. The number of benzene rings is 2. The standard InChI is InChI=1S/C19H17FN4O4/c20-14-4-2-1-3-13(14)16(25)10-24-9-15(22-23-24)19(26)21-8-12-5-6-17-18(7-12)28-11-27-17/h1-7,9,16,25H,8,10-11H2,(H,21,26)/t16-/m1/s1. The third-order valence-electron chi connectivity index (χ3n) is 4.29. The number of nitrogens with zero attached hydrogens (tertiary/aromatic N) is 3. The first-order valence-corrected chi connectivity index (χ1v) is 8.59. The summed E-state index contributed by atoms with van der Waals surface area (Å²) in [7, 11) is 0. The van der Waals surface area contributed by atoms with Gasteiger partial charge in [0.25, 0.3) is 5.91 Å². The minimum absolute atomic E-state index is 0.0244. The predicted octanol–water partition coefficient (Wildman–Crippen LogP) is 1.81. The molecular weight excluding hydrogens is 367 g/mol. The quantitative estimate of drug-likeness (QED) is 0.673. The van der Waals surface area contributed by atoms with Crippen LogP contribution in [0.15, 0.2) is 48.7 Å². The second kappa shape index (κ2) is 7.65. The Bertz CT molecular complexity index is 1010. The van der Waals surface area contributed by atoms with E-state index >= 15 is 0 Å². The van der Waals surface area contributed by atoms with Gasteiger partial charge in [-0.2, -0.15) is 0 Å². The molecule has 28 heavy (non-hydrogen) atoms. The number of hydrogen-bond acceptors (Lipinski definition) is 6. The Labute approximate surface area is 159 Å². The van der Waals surface area contributed by atoms with Crippen LogP contribution in [0.1, 0.15) is 27.7 Å². The van der Waals surface area contributed by atoms with Crippen LogP contribution in [-0.2, 0) is 13.1 Å². The summed E-state index contributed by atoms with van der Waals surface area (Å²) in [4.78, 5) is 12.3. The Hall–Kier alpha value is -3.46. The number of amides is 1. The smallest absolute Gasteiger partial charge is 0.273 e. The van der Waals surface area contributed by atoms with E-state index in [2.05, 4.69) is 15.6 Å². The molecule has 1 amide bonds. The van der Waals surface area contributed by atoms with Crippen molar-refractivity contribution in [1.29, 1.82) is 0 Å². The van der Waals surface area contributed by atoms with Crippen molar-refractivity contribution < 1.29 is 23.8 Å². The molecule has 0 bridgehead atoms. The zero-order valence-corrected chi connectivity index (χ0v) is 14.7. The molecular formula is C19H17FN4O4. The summed E-state index contributed by atoms with van der Waals surface area (Å²) in [6.45, 7) is 0.441. The van der Waals surface area contributed by atoms with Gasteiger partial charge < -0.3 is 19.9 Å². The Balaban J connectivity index is 1.36. The Morgan fingerprint density at radius 3 is 2.93 bits per heavy atom. The van der Waals surface area contributed by atoms with Gasteiger partial charge in [-0.25, -0.2) is 9.07 Å². The van der Waals surface area contributed by atoms with E-state index in [-0.39, 0.29) is 31.1 Å². The van der Waals surface area contributed by atoms with E-state index in [0.717, 1.165) is 5.56 Å². The van der Waals surface area contributed by atoms with E-state index in [4.69, 9.17) is 9.47 Å². The van der Waals surface area contributed by atoms with Crippen LogP contribution in [0.2, 0.25) is 0 Å². The summed E-state index contributed by atoms with van der Waals surface area (Å²) in [6, 6.07) is 11.4. The minimum Gasteiger partial charge on any atom is -0.454 e. The van der Waals surface area contributed by atoms with Crippen molar-refractivity contribution in [2.24, 2.45) is 0 Å². The highest BCUT2D eigenvalue weighted by Gasteiger charge is 2.17. The fraction of sp³-hybridized carbons (Fsp3) is 0.211. The van der Waals surface area contributed by atoms with Gasteiger partial charge in [0.15, 0.2) is 17.2 Å². The van der Waals surface area contributed by atoms with Gasteiger partial charge in [-0.15, -0.1) is 5.10 Å². The van der Waals surface area contributed by atoms with Crippen molar-refractivity contribution >= 4 is 5.91 Å². The molecule has 9 heteroatoms. The maximum Gasteiger partial charge on any atom is 0.273 e. The normalized spacial score (nSPS) is 13.4. The van der Waals surface area contributed by atoms with Gasteiger partial charge in [0, 0.05) is 12.1 Å². The fourth-order valence-corrected chi connectivity index (χ4v) is 2.84. The molecule has 1 aromatic heterocycles. The van der Waals surface area contributed by atoms with E-state index < -0.39 is 17.8 Å². The summed E-state index contributed by atoms with van der Waals surface area (Å²) in [5, 5.41) is 20.5. The summed E-state index contributed by atoms with van der Waals surface area (Å²) in [5.74, 6) is 0.396. The number of rotatable bonds is 6. The largest absolute Gasteiger partial charge is 0.454 e. The molecule has 144 valence electrons. The van der Waals surface area contributed by atoms with Gasteiger partial charge in [-0.05, 0) is 23.8 Å². The molecule has 4 rings (SSSR count). The van der Waals surface area contributed by atoms with Crippen LogP contribution < -0.4 is 14.8 Å². The SMILES string of the molecule is O=C(NCc1ccc2c(c1)OCO2)c1cn(C[C@@H](O)c2ccccc2F)nn1. The highest BCUT2D eigenvalue weighted by molar-refractivity contribution is 5.91. The summed E-state index contributed by atoms with van der Waals surface area (Å²) < 4.78 is 25.6. The number of carbonyl (C=O) groups is 1. The van der Waals surface area contributed by atoms with Crippen molar-refractivity contribution in [3.63, 3.8) is 0 Å². The summed E-state index contributed by atoms with van der Waals surface area (Å²) in [6.07, 6.45) is 0.298. The molecule has 2 heterocycles. The molecule has 0 saturated heterocycles. The molecule has 0 saturated carbocycles. The number of aliphatic hydroxyl groups excluding tert-OH is 1. The average molecular weight is 384 g/mol. The summed E-state index contributed by atoms with van der Waals surface area (Å²) >= 11 is 0. The number of aromatic nitrogens is 3. The van der Waals surface area contributed by atoms with Crippen LogP contribution in [0.4, 0.5) is 4.39 Å². The van der Waals surface area contributed by atoms with Crippen molar-refractivity contribution in [2.75, 3.05) is 6.79 Å². The lowest BCUT2D eigenvalue weighted by molar-refractivity contribution is 0.0945. The number of halogens is 1. The van der Waals surface area contributed by atoms with Crippen LogP contribution in [0, 0.1) is 5.82 Å². The Morgan fingerprint density at radius 1 is 1.25 bits per heavy atom. The molecule has 0 unspecified atom stereocenters. The highest BCUT2D eigenvalue weighted by Crippen LogP contribution is 2.32. The van der Waals surface area contributed by atoms with Crippen molar-refractivity contribution in [1.82, 2.24) is 20.3 Å². The third-order valence-corrected chi connectivity index (χ3v) is 4.29. The number of carbonyl (C=O) groups excluding carboxylic acids is 1. The molecule has 1 aliphatic rings. The first-order chi connectivity index (χ1) is 13.6. The molecule has 0 aliphatic carbocycles. The van der Waals surface area contributed by atoms with Crippen LogP contribution in [0.5, 0.6) is 11.5 Å². The van der Waals surface area contributed by atoms with Crippen molar-refractivity contribution in [3.05, 3.63) is 71.3 Å². The zero-order valence-electron chi connectivity index (χ0n) is 14.7. The molecule has 8 nitrogen and oxygen atoms in total. The molecule has 3 aromatic rings. The lowest BCUT2D eigenvalue weighted by Crippen LogP contribution is -2.23. The molecule has 0 radical (unpaired) electrons. The summed E-state index contributed by atoms with van der Waals surface area (Å²) in [5.41, 5.74) is 1.10. The molecule has 1 atom stereocenters. The van der Waals surface area contributed by atoms with Crippen LogP contribution >= 0.6 is 0 Å². The van der Waals surface area contributed by atoms with E-state index in [0.29, 0.717) is 11.5 Å². The van der Waals surface area contributed by atoms with Gasteiger partial charge in [0.05, 0.1) is 12.7 Å². The van der Waals surface area contributed by atoms with E-state index in [9.17, 15) is 14.3 Å². The van der Waals surface area contributed by atoms with Crippen LogP contribution in [0.25, 0.3) is 0 Å². The van der Waals surface area contributed by atoms with Crippen LogP contribution in [0.3, 0.4) is 0 Å². The topological polar surface area (TPSA) is 98.5 Å². The second-order valence-electron chi connectivity index (χ2n) is 6.23. The molecule has 0 spiro atoms. The monoisotopic (exact) mass is 384 g/mol. The number of hydrogen-bond donors (Lipinski definition) is 2. The first-order valence-electron chi connectivity index (χ1n) is 8.59. The average Bonchev–Trinajstić information content (AvgIpc) is 3.35. The lowest BCUT2D eigenvalue weighted by atomic mass is 10.1. The third kappa shape index (κ3) is 3.79. The van der Waals surface area contributed by atoms with E-state index in [1.54, 1.807) is 24.3 Å². The maximum absolute atomic E-state index is 13.7. The number of ether oxygens (including phenoxy) is 2. The number of aliphatic hydroxyl groups is 1. The fourth-order valence-electron chi connectivity index (χ4n) is 2.84. The van der Waals surface area contributed by atoms with Crippen LogP contribution in [-0.4, -0.2) is 32.8 Å². The maximum atomic E-state index is 13.7. The predicted molar refractivity (Wildman–Crippen MR) is 95.1 cm³/mol. The zero-order chi connectivity index (χ0) is 19.5. The van der Waals surface area contributed by atoms with E-state index in [1.807, 2.05) is 6.07 Å². The Morgan fingerprint density at radius 2 is 2.07 bits per heavy atom. The second-order valence-corrected chi connectivity index (χ2v) is 6.23. The molecule has 2 N–H and O–H groups in total. The first kappa shape index (κ1) is 17.9. The molecule has 1 aliphatic heterocycles. The van der Waals surface area contributed by atoms with Gasteiger partial charge in [0.2, 0.25) is 6.79 Å². The van der Waals surface area contributed by atoms with E-state index in [1.165, 1.54) is 23.0 Å².